The van der Waals surface area contributed by atoms with Crippen molar-refractivity contribution in [2.45, 2.75) is 71.6 Å². The maximum absolute atomic E-state index is 7.72. The van der Waals surface area contributed by atoms with E-state index in [2.05, 4.69) is 213 Å². The van der Waals surface area contributed by atoms with Gasteiger partial charge in [0, 0.05) is 27.7 Å². The summed E-state index contributed by atoms with van der Waals surface area (Å²) in [4.78, 5) is 0. The average Bonchev–Trinajstić information content (AvgIpc) is 3.28. The fraction of sp³-hybridized carbons (Fsp3) is 0.175. The molecule has 0 fully saturated rings. The monoisotopic (exact) mass is 822 g/mol. The van der Waals surface area contributed by atoms with E-state index in [9.17, 15) is 0 Å². The normalized spacial score (nSPS) is 14.2. The summed E-state index contributed by atoms with van der Waals surface area (Å²) in [6, 6.07) is 60.1. The molecular weight excluding hydrogens is 773 g/mol. The van der Waals surface area contributed by atoms with Crippen LogP contribution in [-0.4, -0.2) is 0 Å². The summed E-state index contributed by atoms with van der Waals surface area (Å²) in [6.45, 7) is 18.9. The molecule has 13 rings (SSSR count). The highest BCUT2D eigenvalue weighted by Gasteiger charge is 2.40. The van der Waals surface area contributed by atoms with Crippen molar-refractivity contribution in [1.29, 1.82) is 0 Å². The fourth-order valence-electron chi connectivity index (χ4n) is 11.7. The van der Waals surface area contributed by atoms with E-state index in [0.717, 1.165) is 22.6 Å². The Morgan fingerprint density at radius 1 is 0.328 bits per heavy atom. The Labute approximate surface area is 374 Å². The highest BCUT2D eigenvalue weighted by Crippen LogP contribution is 2.58. The van der Waals surface area contributed by atoms with Gasteiger partial charge in [0.05, 0.1) is 0 Å². The van der Waals surface area contributed by atoms with Gasteiger partial charge in [0.1, 0.15) is 11.5 Å². The summed E-state index contributed by atoms with van der Waals surface area (Å²) in [6.07, 6.45) is 0. The number of ether oxygens (including phenoxy) is 1. The van der Waals surface area contributed by atoms with Gasteiger partial charge in [-0.1, -0.05) is 201 Å². The predicted octanol–water partition coefficient (Wildman–Crippen LogP) is 18.1. The zero-order valence-electron chi connectivity index (χ0n) is 37.9. The van der Waals surface area contributed by atoms with Gasteiger partial charge in [0.2, 0.25) is 0 Å². The van der Waals surface area contributed by atoms with Gasteiger partial charge in [-0.25, -0.2) is 0 Å². The van der Waals surface area contributed by atoms with Crippen molar-refractivity contribution < 1.29 is 4.74 Å². The Morgan fingerprint density at radius 3 is 1.00 bits per heavy atom. The van der Waals surface area contributed by atoms with Crippen LogP contribution in [0.5, 0.6) is 11.5 Å². The molecule has 0 bridgehead atoms. The Morgan fingerprint density at radius 2 is 0.641 bits per heavy atom. The van der Waals surface area contributed by atoms with E-state index in [1.165, 1.54) is 120 Å². The average molecular weight is 823 g/mol. The molecule has 12 aromatic carbocycles. The van der Waals surface area contributed by atoms with Gasteiger partial charge < -0.3 is 4.74 Å². The molecule has 0 unspecified atom stereocenters. The molecule has 0 saturated heterocycles. The third-order valence-corrected chi connectivity index (χ3v) is 15.1. The minimum absolute atomic E-state index is 0.0915. The van der Waals surface area contributed by atoms with Crippen molar-refractivity contribution in [3.63, 3.8) is 0 Å². The Balaban J connectivity index is 1.11. The largest absolute Gasteiger partial charge is 0.455 e. The zero-order chi connectivity index (χ0) is 43.6. The van der Waals surface area contributed by atoms with Gasteiger partial charge in [-0.3, -0.25) is 0 Å². The minimum atomic E-state index is -0.378. The first kappa shape index (κ1) is 37.6. The van der Waals surface area contributed by atoms with Gasteiger partial charge in [0.15, 0.2) is 0 Å². The van der Waals surface area contributed by atoms with Gasteiger partial charge in [-0.2, -0.15) is 0 Å². The van der Waals surface area contributed by atoms with Crippen LogP contribution >= 0.6 is 0 Å². The van der Waals surface area contributed by atoms with Crippen LogP contribution in [0.1, 0.15) is 77.6 Å². The molecule has 0 atom stereocenters. The molecule has 0 N–H and O–H groups in total. The second-order valence-corrected chi connectivity index (χ2v) is 21.2. The maximum atomic E-state index is 7.72. The van der Waals surface area contributed by atoms with Gasteiger partial charge in [-0.15, -0.1) is 0 Å². The SMILES string of the molecule is CC(C)(C)c1cc(-c2ccc3c4cccc5cccc(c6cccc2c63)c54)c2c(c1)C(C)(C)c1cc(C(C)(C)C)cc(-c3ccc4c5cccc6cccc(c7cccc3c74)c65)c1O2. The highest BCUT2D eigenvalue weighted by molar-refractivity contribution is 6.35. The molecule has 12 aromatic rings. The summed E-state index contributed by atoms with van der Waals surface area (Å²) in [5, 5.41) is 20.8. The molecule has 64 heavy (non-hydrogen) atoms. The molecule has 0 aromatic heterocycles. The van der Waals surface area contributed by atoms with Crippen LogP contribution in [0.15, 0.2) is 158 Å². The lowest BCUT2D eigenvalue weighted by atomic mass is 9.70. The van der Waals surface area contributed by atoms with Gasteiger partial charge >= 0.3 is 0 Å². The van der Waals surface area contributed by atoms with Crippen molar-refractivity contribution in [1.82, 2.24) is 0 Å². The predicted molar refractivity (Wildman–Crippen MR) is 276 cm³/mol. The quantitative estimate of drug-likeness (QED) is 0.125. The fourth-order valence-corrected chi connectivity index (χ4v) is 11.7. The van der Waals surface area contributed by atoms with Crippen LogP contribution in [0.25, 0.3) is 108 Å². The molecule has 0 spiro atoms. The van der Waals surface area contributed by atoms with E-state index in [-0.39, 0.29) is 16.2 Å². The van der Waals surface area contributed by atoms with E-state index in [0.29, 0.717) is 0 Å². The van der Waals surface area contributed by atoms with E-state index in [1.807, 2.05) is 0 Å². The zero-order valence-corrected chi connectivity index (χ0v) is 37.9. The second kappa shape index (κ2) is 12.6. The molecule has 1 heterocycles. The molecule has 1 aliphatic rings. The van der Waals surface area contributed by atoms with Crippen LogP contribution in [0.3, 0.4) is 0 Å². The topological polar surface area (TPSA) is 9.23 Å². The van der Waals surface area contributed by atoms with Crippen LogP contribution < -0.4 is 4.74 Å². The molecule has 0 aliphatic carbocycles. The van der Waals surface area contributed by atoms with E-state index in [4.69, 9.17) is 4.74 Å². The summed E-state index contributed by atoms with van der Waals surface area (Å²) in [5.74, 6) is 1.91. The first-order valence-corrected chi connectivity index (χ1v) is 23.0. The molecule has 1 heteroatoms. The number of fused-ring (bicyclic) bond motifs is 6. The smallest absolute Gasteiger partial charge is 0.139 e. The minimum Gasteiger partial charge on any atom is -0.455 e. The number of hydrogen-bond acceptors (Lipinski definition) is 1. The summed E-state index contributed by atoms with van der Waals surface area (Å²) < 4.78 is 7.72. The highest BCUT2D eigenvalue weighted by atomic mass is 16.5. The summed E-state index contributed by atoms with van der Waals surface area (Å²) >= 11 is 0. The standard InChI is InChI=1S/C63H50O/c1-61(2,3)37-31-51(39-27-29-49-45-21-11-17-35-15-9-19-43(55(35)45)47-25-13-23-41(39)57(47)49)59-53(33-37)63(7,8)54-34-38(62(4,5)6)32-52(60(54)64-59)40-28-30-50-46-22-12-18-36-16-10-20-44(56(36)46)48-26-14-24-42(40)58(48)50/h9-34H,1-8H3. The first-order chi connectivity index (χ1) is 30.8. The van der Waals surface area contributed by atoms with Crippen molar-refractivity contribution >= 4 is 86.2 Å². The van der Waals surface area contributed by atoms with E-state index in [1.54, 1.807) is 0 Å². The lowest BCUT2D eigenvalue weighted by Crippen LogP contribution is -2.27. The number of hydrogen-bond donors (Lipinski definition) is 0. The maximum Gasteiger partial charge on any atom is 0.139 e. The molecule has 0 radical (unpaired) electrons. The third kappa shape index (κ3) is 5.01. The molecule has 0 amide bonds. The summed E-state index contributed by atoms with van der Waals surface area (Å²) in [5.41, 5.74) is 9.23. The van der Waals surface area contributed by atoms with Crippen LogP contribution in [0.2, 0.25) is 0 Å². The Hall–Kier alpha value is -6.96. The Kier molecular flexibility index (Phi) is 7.40. The first-order valence-electron chi connectivity index (χ1n) is 23.0. The number of rotatable bonds is 2. The van der Waals surface area contributed by atoms with E-state index >= 15 is 0 Å². The molecular formula is C63H50O. The van der Waals surface area contributed by atoms with Crippen LogP contribution in [-0.2, 0) is 16.2 Å². The van der Waals surface area contributed by atoms with E-state index < -0.39 is 0 Å². The van der Waals surface area contributed by atoms with Crippen molar-refractivity contribution in [3.8, 4) is 33.8 Å². The summed E-state index contributed by atoms with van der Waals surface area (Å²) in [7, 11) is 0. The van der Waals surface area contributed by atoms with Crippen molar-refractivity contribution in [3.05, 3.63) is 180 Å². The lowest BCUT2D eigenvalue weighted by molar-refractivity contribution is 0.418. The molecule has 1 nitrogen and oxygen atoms in total. The number of benzene rings is 12. The molecule has 1 aliphatic heterocycles. The Bertz CT molecular complexity index is 3600. The van der Waals surface area contributed by atoms with Crippen LogP contribution in [0.4, 0.5) is 0 Å². The van der Waals surface area contributed by atoms with Gasteiger partial charge in [0.25, 0.3) is 0 Å². The van der Waals surface area contributed by atoms with Crippen LogP contribution in [0, 0.1) is 0 Å². The second-order valence-electron chi connectivity index (χ2n) is 21.2. The third-order valence-electron chi connectivity index (χ3n) is 15.1. The van der Waals surface area contributed by atoms with Crippen molar-refractivity contribution in [2.75, 3.05) is 0 Å². The van der Waals surface area contributed by atoms with Gasteiger partial charge in [-0.05, 0) is 131 Å². The molecule has 0 saturated carbocycles. The van der Waals surface area contributed by atoms with Crippen molar-refractivity contribution in [2.24, 2.45) is 0 Å². The molecule has 308 valence electrons. The lowest BCUT2D eigenvalue weighted by Gasteiger charge is -2.39.